The van der Waals surface area contributed by atoms with Crippen LogP contribution in [0.3, 0.4) is 0 Å². The number of aryl methyl sites for hydroxylation is 1. The maximum Gasteiger partial charge on any atom is 0.140 e. The highest BCUT2D eigenvalue weighted by Gasteiger charge is 2.21. The second-order valence-corrected chi connectivity index (χ2v) is 8.52. The Hall–Kier alpha value is -2.80. The molecule has 7 heteroatoms. The SMILES string of the molecule is CC/C=C/C=C\C(=C(/C)OCC)c1cc(NCC(=N)/N=C\S)c2c(n1)c(C)c(CC)n2C(C)C. The number of allylic oxidation sites excluding steroid dienone is 6. The molecule has 2 aromatic heterocycles. The van der Waals surface area contributed by atoms with Crippen molar-refractivity contribution in [1.29, 1.82) is 5.41 Å². The number of aliphatic imine (C=N–C) groups is 1. The van der Waals surface area contributed by atoms with Crippen LogP contribution in [-0.2, 0) is 11.2 Å². The Morgan fingerprint density at radius 3 is 2.62 bits per heavy atom. The van der Waals surface area contributed by atoms with Gasteiger partial charge >= 0.3 is 0 Å². The Morgan fingerprint density at radius 1 is 1.29 bits per heavy atom. The Morgan fingerprint density at radius 2 is 2.03 bits per heavy atom. The van der Waals surface area contributed by atoms with Crippen molar-refractivity contribution < 1.29 is 4.74 Å². The standard InChI is InChI=1S/C27H39N5OS/c1-8-11-12-13-14-21(20(7)33-10-3)22-15-23(29-16-25(28)30-17-34)27-26(31-22)19(6)24(9-2)32(27)18(4)5/h11-15,17-18H,8-10,16H2,1-7H3,(H,29,31)(H2,28,30,34)/b12-11+,14-13-,21-20-. The van der Waals surface area contributed by atoms with E-state index < -0.39 is 0 Å². The quantitative estimate of drug-likeness (QED) is 0.105. The van der Waals surface area contributed by atoms with Crippen molar-refractivity contribution in [2.24, 2.45) is 4.99 Å². The highest BCUT2D eigenvalue weighted by molar-refractivity contribution is 7.94. The second-order valence-electron chi connectivity index (χ2n) is 8.28. The molecule has 0 fully saturated rings. The van der Waals surface area contributed by atoms with Gasteiger partial charge in [0.2, 0.25) is 0 Å². The van der Waals surface area contributed by atoms with E-state index in [1.54, 1.807) is 0 Å². The van der Waals surface area contributed by atoms with Gasteiger partial charge < -0.3 is 14.6 Å². The summed E-state index contributed by atoms with van der Waals surface area (Å²) in [5, 5.41) is 11.5. The normalized spacial score (nSPS) is 13.1. The Kier molecular flexibility index (Phi) is 10.6. The van der Waals surface area contributed by atoms with Crippen LogP contribution in [-0.4, -0.2) is 34.1 Å². The minimum Gasteiger partial charge on any atom is -0.498 e. The van der Waals surface area contributed by atoms with Crippen LogP contribution in [0.2, 0.25) is 0 Å². The minimum atomic E-state index is 0.211. The molecule has 0 aromatic carbocycles. The number of ether oxygens (including phenoxy) is 1. The van der Waals surface area contributed by atoms with Gasteiger partial charge in [-0.1, -0.05) is 32.1 Å². The van der Waals surface area contributed by atoms with Crippen LogP contribution >= 0.6 is 12.6 Å². The van der Waals surface area contributed by atoms with Crippen molar-refractivity contribution in [2.75, 3.05) is 18.5 Å². The first kappa shape index (κ1) is 27.4. The van der Waals surface area contributed by atoms with Crippen LogP contribution in [0.25, 0.3) is 16.6 Å². The van der Waals surface area contributed by atoms with Gasteiger partial charge in [-0.15, -0.1) is 12.6 Å². The van der Waals surface area contributed by atoms with Gasteiger partial charge in [-0.2, -0.15) is 0 Å². The molecule has 0 amide bonds. The molecule has 0 spiro atoms. The van der Waals surface area contributed by atoms with E-state index in [9.17, 15) is 0 Å². The number of thiol groups is 1. The molecule has 2 rings (SSSR count). The van der Waals surface area contributed by atoms with Gasteiger partial charge in [0.15, 0.2) is 0 Å². The van der Waals surface area contributed by atoms with E-state index in [-0.39, 0.29) is 18.4 Å². The summed E-state index contributed by atoms with van der Waals surface area (Å²) >= 11 is 4.00. The number of fused-ring (bicyclic) bond motifs is 1. The zero-order valence-electron chi connectivity index (χ0n) is 21.6. The largest absolute Gasteiger partial charge is 0.498 e. The van der Waals surface area contributed by atoms with Crippen LogP contribution in [0.4, 0.5) is 5.69 Å². The lowest BCUT2D eigenvalue weighted by atomic mass is 10.1. The number of anilines is 1. The van der Waals surface area contributed by atoms with E-state index in [4.69, 9.17) is 15.1 Å². The molecule has 0 aliphatic carbocycles. The number of aromatic nitrogens is 2. The maximum atomic E-state index is 8.08. The Bertz CT molecular complexity index is 1120. The van der Waals surface area contributed by atoms with E-state index in [1.807, 2.05) is 26.0 Å². The molecule has 34 heavy (non-hydrogen) atoms. The molecule has 0 bridgehead atoms. The number of nitrogens with one attached hydrogen (secondary N) is 2. The van der Waals surface area contributed by atoms with Crippen molar-refractivity contribution in [3.05, 3.63) is 53.1 Å². The van der Waals surface area contributed by atoms with E-state index >= 15 is 0 Å². The average molecular weight is 482 g/mol. The zero-order chi connectivity index (χ0) is 25.3. The molecule has 0 unspecified atom stereocenters. The molecule has 2 heterocycles. The molecular formula is C27H39N5OS. The van der Waals surface area contributed by atoms with Gasteiger partial charge in [-0.25, -0.2) is 9.98 Å². The van der Waals surface area contributed by atoms with Gasteiger partial charge in [0.05, 0.1) is 41.1 Å². The highest BCUT2D eigenvalue weighted by Crippen LogP contribution is 2.36. The van der Waals surface area contributed by atoms with Crippen LogP contribution in [0.5, 0.6) is 0 Å². The first-order chi connectivity index (χ1) is 16.3. The number of rotatable bonds is 11. The summed E-state index contributed by atoms with van der Waals surface area (Å²) in [7, 11) is 0. The molecule has 0 saturated carbocycles. The van der Waals surface area contributed by atoms with E-state index in [0.29, 0.717) is 6.61 Å². The van der Waals surface area contributed by atoms with Crippen molar-refractivity contribution in [2.45, 2.75) is 67.3 Å². The molecule has 6 nitrogen and oxygen atoms in total. The fourth-order valence-corrected chi connectivity index (χ4v) is 4.25. The van der Waals surface area contributed by atoms with Crippen molar-refractivity contribution in [1.82, 2.24) is 9.55 Å². The smallest absolute Gasteiger partial charge is 0.140 e. The molecule has 0 aliphatic rings. The van der Waals surface area contributed by atoms with Gasteiger partial charge in [-0.3, -0.25) is 5.41 Å². The predicted octanol–water partition coefficient (Wildman–Crippen LogP) is 7.13. The molecule has 2 N–H and O–H groups in total. The Balaban J connectivity index is 2.82. The fourth-order valence-electron chi connectivity index (χ4n) is 4.11. The van der Waals surface area contributed by atoms with Gasteiger partial charge in [0.25, 0.3) is 0 Å². The summed E-state index contributed by atoms with van der Waals surface area (Å²) in [6.45, 7) is 15.7. The summed E-state index contributed by atoms with van der Waals surface area (Å²) in [6.07, 6.45) is 10.1. The number of hydrogen-bond acceptors (Lipinski definition) is 4. The number of amidine groups is 1. The first-order valence-electron chi connectivity index (χ1n) is 12.0. The lowest BCUT2D eigenvalue weighted by Crippen LogP contribution is -2.13. The Labute approximate surface area is 209 Å². The van der Waals surface area contributed by atoms with Gasteiger partial charge in [0, 0.05) is 17.3 Å². The molecule has 0 radical (unpaired) electrons. The van der Waals surface area contributed by atoms with Crippen LogP contribution < -0.4 is 5.32 Å². The third kappa shape index (κ3) is 6.41. The molecule has 0 aliphatic heterocycles. The number of hydrogen-bond donors (Lipinski definition) is 3. The lowest BCUT2D eigenvalue weighted by Gasteiger charge is -2.18. The third-order valence-corrected chi connectivity index (χ3v) is 5.70. The van der Waals surface area contributed by atoms with Crippen molar-refractivity contribution >= 4 is 46.3 Å². The third-order valence-electron chi connectivity index (χ3n) is 5.59. The van der Waals surface area contributed by atoms with Crippen molar-refractivity contribution in [3.8, 4) is 0 Å². The topological polar surface area (TPSA) is 75.3 Å². The maximum absolute atomic E-state index is 8.08. The first-order valence-corrected chi connectivity index (χ1v) is 12.5. The summed E-state index contributed by atoms with van der Waals surface area (Å²) in [5.74, 6) is 1.04. The van der Waals surface area contributed by atoms with Crippen LogP contribution in [0.15, 0.2) is 41.1 Å². The molecule has 184 valence electrons. The highest BCUT2D eigenvalue weighted by atomic mass is 32.1. The summed E-state index contributed by atoms with van der Waals surface area (Å²) < 4.78 is 8.25. The van der Waals surface area contributed by atoms with Gasteiger partial charge in [-0.05, 0) is 65.2 Å². The molecular weight excluding hydrogens is 442 g/mol. The zero-order valence-corrected chi connectivity index (χ0v) is 22.5. The van der Waals surface area contributed by atoms with E-state index in [0.717, 1.165) is 46.6 Å². The molecule has 0 atom stereocenters. The molecule has 2 aromatic rings. The monoisotopic (exact) mass is 481 g/mol. The summed E-state index contributed by atoms with van der Waals surface area (Å²) in [4.78, 5) is 9.12. The average Bonchev–Trinajstić information content (AvgIpc) is 3.09. The second kappa shape index (κ2) is 13.2. The van der Waals surface area contributed by atoms with Gasteiger partial charge in [0.1, 0.15) is 11.6 Å². The predicted molar refractivity (Wildman–Crippen MR) is 151 cm³/mol. The summed E-state index contributed by atoms with van der Waals surface area (Å²) in [6, 6.07) is 2.33. The number of nitrogens with zero attached hydrogens (tertiary/aromatic N) is 3. The minimum absolute atomic E-state index is 0.211. The van der Waals surface area contributed by atoms with Crippen molar-refractivity contribution in [3.63, 3.8) is 0 Å². The van der Waals surface area contributed by atoms with E-state index in [1.165, 1.54) is 16.8 Å². The lowest BCUT2D eigenvalue weighted by molar-refractivity contribution is 0.233. The molecule has 0 saturated heterocycles. The number of pyridine rings is 1. The van der Waals surface area contributed by atoms with E-state index in [2.05, 4.69) is 80.3 Å². The summed E-state index contributed by atoms with van der Waals surface area (Å²) in [5.41, 5.74) is 8.51. The van der Waals surface area contributed by atoms with Crippen LogP contribution in [0.1, 0.15) is 71.0 Å². The van der Waals surface area contributed by atoms with Crippen LogP contribution in [0, 0.1) is 12.3 Å². The fraction of sp³-hybridized carbons (Fsp3) is 0.444.